The Morgan fingerprint density at radius 2 is 2.00 bits per heavy atom. The van der Waals surface area contributed by atoms with Crippen molar-refractivity contribution in [3.8, 4) is 5.69 Å². The summed E-state index contributed by atoms with van der Waals surface area (Å²) in [5, 5.41) is 13.5. The monoisotopic (exact) mass is 380 g/mol. The predicted molar refractivity (Wildman–Crippen MR) is 87.5 cm³/mol. The predicted octanol–water partition coefficient (Wildman–Crippen LogP) is 3.14. The van der Waals surface area contributed by atoms with Crippen LogP contribution < -0.4 is 0 Å². The number of aromatic nitrogens is 2. The van der Waals surface area contributed by atoms with E-state index in [1.807, 2.05) is 6.92 Å². The molecule has 1 aromatic carbocycles. The van der Waals surface area contributed by atoms with Crippen LogP contribution in [-0.4, -0.2) is 32.9 Å². The second-order valence-corrected chi connectivity index (χ2v) is 6.04. The Labute approximate surface area is 142 Å². The van der Waals surface area contributed by atoms with E-state index in [9.17, 15) is 14.7 Å². The third-order valence-electron chi connectivity index (χ3n) is 3.42. The van der Waals surface area contributed by atoms with Crippen LogP contribution in [0.2, 0.25) is 0 Å². The molecule has 0 aliphatic rings. The van der Waals surface area contributed by atoms with E-state index in [1.165, 1.54) is 0 Å². The molecule has 1 N–H and O–H groups in total. The van der Waals surface area contributed by atoms with Crippen LogP contribution in [0.4, 0.5) is 0 Å². The van der Waals surface area contributed by atoms with Crippen LogP contribution in [0, 0.1) is 0 Å². The van der Waals surface area contributed by atoms with E-state index < -0.39 is 17.9 Å². The van der Waals surface area contributed by atoms with Crippen molar-refractivity contribution in [3.63, 3.8) is 0 Å². The quantitative estimate of drug-likeness (QED) is 0.614. The maximum atomic E-state index is 12.1. The van der Waals surface area contributed by atoms with E-state index in [4.69, 9.17) is 4.74 Å². The molecule has 0 spiro atoms. The lowest BCUT2D eigenvalue weighted by Crippen LogP contribution is -2.26. The average molecular weight is 381 g/mol. The van der Waals surface area contributed by atoms with Gasteiger partial charge in [0.15, 0.2) is 5.92 Å². The van der Waals surface area contributed by atoms with Gasteiger partial charge in [-0.1, -0.05) is 19.1 Å². The summed E-state index contributed by atoms with van der Waals surface area (Å²) in [6.45, 7) is 3.60. The highest BCUT2D eigenvalue weighted by molar-refractivity contribution is 9.10. The summed E-state index contributed by atoms with van der Waals surface area (Å²) in [7, 11) is 0. The molecule has 7 heteroatoms. The number of carboxylic acids is 1. The molecule has 0 bridgehead atoms. The zero-order chi connectivity index (χ0) is 17.0. The van der Waals surface area contributed by atoms with Crippen LogP contribution in [0.5, 0.6) is 0 Å². The molecule has 2 rings (SSSR count). The van der Waals surface area contributed by atoms with Gasteiger partial charge in [-0.2, -0.15) is 5.10 Å². The number of aliphatic carboxylic acids is 1. The van der Waals surface area contributed by atoms with Gasteiger partial charge in [0.1, 0.15) is 0 Å². The van der Waals surface area contributed by atoms with E-state index in [1.54, 1.807) is 48.3 Å². The maximum Gasteiger partial charge on any atom is 0.325 e. The Balaban J connectivity index is 2.23. The summed E-state index contributed by atoms with van der Waals surface area (Å²) in [5.74, 6) is -3.31. The summed E-state index contributed by atoms with van der Waals surface area (Å²) in [4.78, 5) is 23.5. The smallest absolute Gasteiger partial charge is 0.325 e. The highest BCUT2D eigenvalue weighted by Crippen LogP contribution is 2.21. The van der Waals surface area contributed by atoms with Crippen molar-refractivity contribution in [1.29, 1.82) is 0 Å². The molecule has 2 atom stereocenters. The number of carbonyl (C=O) groups is 2. The van der Waals surface area contributed by atoms with Gasteiger partial charge < -0.3 is 9.84 Å². The largest absolute Gasteiger partial charge is 0.480 e. The molecule has 1 aromatic heterocycles. The molecular formula is C16H17BrN2O4. The topological polar surface area (TPSA) is 81.4 Å². The van der Waals surface area contributed by atoms with Crippen molar-refractivity contribution in [2.24, 2.45) is 0 Å². The number of esters is 1. The van der Waals surface area contributed by atoms with Gasteiger partial charge in [0.2, 0.25) is 0 Å². The molecule has 0 saturated carbocycles. The van der Waals surface area contributed by atoms with Gasteiger partial charge in [-0.25, -0.2) is 4.68 Å². The van der Waals surface area contributed by atoms with Crippen molar-refractivity contribution >= 4 is 27.9 Å². The Kier molecular flexibility index (Phi) is 5.54. The molecule has 0 fully saturated rings. The lowest BCUT2D eigenvalue weighted by Gasteiger charge is -2.16. The lowest BCUT2D eigenvalue weighted by molar-refractivity contribution is -0.157. The molecule has 0 aliphatic heterocycles. The lowest BCUT2D eigenvalue weighted by atomic mass is 9.99. The Bertz CT molecular complexity index is 696. The second kappa shape index (κ2) is 7.41. The fraction of sp³-hybridized carbons (Fsp3) is 0.312. The van der Waals surface area contributed by atoms with Gasteiger partial charge in [-0.05, 0) is 47.0 Å². The molecular weight excluding hydrogens is 364 g/mol. The van der Waals surface area contributed by atoms with Crippen LogP contribution in [-0.2, 0) is 14.3 Å². The SMILES string of the molecule is CCC(C)OC(=O)C(C(=O)O)c1ccc(-n2cc(Br)cn2)cc1. The van der Waals surface area contributed by atoms with Crippen LogP contribution >= 0.6 is 15.9 Å². The first-order valence-electron chi connectivity index (χ1n) is 7.16. The molecule has 0 radical (unpaired) electrons. The van der Waals surface area contributed by atoms with Crippen molar-refractivity contribution < 1.29 is 19.4 Å². The zero-order valence-corrected chi connectivity index (χ0v) is 14.4. The number of rotatable bonds is 6. The fourth-order valence-electron chi connectivity index (χ4n) is 1.99. The van der Waals surface area contributed by atoms with Crippen molar-refractivity contribution in [2.75, 3.05) is 0 Å². The molecule has 0 amide bonds. The van der Waals surface area contributed by atoms with Gasteiger partial charge in [0.05, 0.1) is 22.5 Å². The minimum absolute atomic E-state index is 0.315. The van der Waals surface area contributed by atoms with Crippen LogP contribution in [0.3, 0.4) is 0 Å². The highest BCUT2D eigenvalue weighted by atomic mass is 79.9. The van der Waals surface area contributed by atoms with Gasteiger partial charge in [0.25, 0.3) is 0 Å². The summed E-state index contributed by atoms with van der Waals surface area (Å²) in [6.07, 6.45) is 3.74. The van der Waals surface area contributed by atoms with Gasteiger partial charge in [-0.15, -0.1) is 0 Å². The van der Waals surface area contributed by atoms with Crippen LogP contribution in [0.25, 0.3) is 5.69 Å². The number of halogens is 1. The van der Waals surface area contributed by atoms with Crippen molar-refractivity contribution in [2.45, 2.75) is 32.3 Å². The first-order chi connectivity index (χ1) is 10.9. The van der Waals surface area contributed by atoms with Gasteiger partial charge >= 0.3 is 11.9 Å². The minimum Gasteiger partial charge on any atom is -0.480 e. The number of carbonyl (C=O) groups excluding carboxylic acids is 1. The highest BCUT2D eigenvalue weighted by Gasteiger charge is 2.30. The molecule has 0 aliphatic carbocycles. The minimum atomic E-state index is -1.33. The first kappa shape index (κ1) is 17.2. The summed E-state index contributed by atoms with van der Waals surface area (Å²) in [5.41, 5.74) is 1.14. The zero-order valence-electron chi connectivity index (χ0n) is 12.8. The Morgan fingerprint density at radius 3 is 2.48 bits per heavy atom. The first-order valence-corrected chi connectivity index (χ1v) is 7.95. The number of ether oxygens (including phenoxy) is 1. The Morgan fingerprint density at radius 1 is 1.35 bits per heavy atom. The Hall–Kier alpha value is -2.15. The third-order valence-corrected chi connectivity index (χ3v) is 3.83. The summed E-state index contributed by atoms with van der Waals surface area (Å²) >= 11 is 3.31. The number of benzene rings is 1. The summed E-state index contributed by atoms with van der Waals surface area (Å²) < 4.78 is 7.63. The maximum absolute atomic E-state index is 12.1. The van der Waals surface area contributed by atoms with Crippen LogP contribution in [0.1, 0.15) is 31.7 Å². The molecule has 1 heterocycles. The second-order valence-electron chi connectivity index (χ2n) is 5.12. The molecule has 0 saturated heterocycles. The van der Waals surface area contributed by atoms with Gasteiger partial charge in [0, 0.05) is 6.20 Å². The fourth-order valence-corrected chi connectivity index (χ4v) is 2.28. The molecule has 23 heavy (non-hydrogen) atoms. The van der Waals surface area contributed by atoms with E-state index in [2.05, 4.69) is 21.0 Å². The standard InChI is InChI=1S/C16H17BrN2O4/c1-3-10(2)23-16(22)14(15(20)21)11-4-6-13(7-5-11)19-9-12(17)8-18-19/h4-10,14H,3H2,1-2H3,(H,20,21). The molecule has 2 unspecified atom stereocenters. The number of nitrogens with zero attached hydrogens (tertiary/aromatic N) is 2. The van der Waals surface area contributed by atoms with E-state index in [0.717, 1.165) is 10.2 Å². The molecule has 2 aromatic rings. The van der Waals surface area contributed by atoms with Crippen molar-refractivity contribution in [1.82, 2.24) is 9.78 Å². The average Bonchev–Trinajstić information content (AvgIpc) is 2.94. The number of hydrogen-bond acceptors (Lipinski definition) is 4. The van der Waals surface area contributed by atoms with Gasteiger partial charge in [-0.3, -0.25) is 9.59 Å². The van der Waals surface area contributed by atoms with Crippen LogP contribution in [0.15, 0.2) is 41.1 Å². The molecule has 122 valence electrons. The van der Waals surface area contributed by atoms with Crippen molar-refractivity contribution in [3.05, 3.63) is 46.7 Å². The third kappa shape index (κ3) is 4.19. The number of hydrogen-bond donors (Lipinski definition) is 1. The number of carboxylic acid groups (broad SMARTS) is 1. The normalized spacial score (nSPS) is 13.3. The van der Waals surface area contributed by atoms with E-state index in [0.29, 0.717) is 12.0 Å². The molecule has 6 nitrogen and oxygen atoms in total. The van der Waals surface area contributed by atoms with E-state index >= 15 is 0 Å². The van der Waals surface area contributed by atoms with E-state index in [-0.39, 0.29) is 6.10 Å². The summed E-state index contributed by atoms with van der Waals surface area (Å²) in [6, 6.07) is 6.62.